The zero-order valence-corrected chi connectivity index (χ0v) is 15.4. The van der Waals surface area contributed by atoms with Gasteiger partial charge in [0.25, 0.3) is 0 Å². The number of nitrogens with one attached hydrogen (secondary N) is 1. The highest BCUT2D eigenvalue weighted by molar-refractivity contribution is 6.02. The predicted octanol–water partition coefficient (Wildman–Crippen LogP) is 5.11. The summed E-state index contributed by atoms with van der Waals surface area (Å²) in [5, 5.41) is 2.74. The molecular weight excluding hydrogens is 373 g/mol. The van der Waals surface area contributed by atoms with Gasteiger partial charge in [-0.05, 0) is 54.1 Å². The van der Waals surface area contributed by atoms with Gasteiger partial charge in [-0.1, -0.05) is 6.07 Å². The van der Waals surface area contributed by atoms with Gasteiger partial charge in [-0.2, -0.15) is 0 Å². The van der Waals surface area contributed by atoms with E-state index in [2.05, 4.69) is 15.3 Å². The zero-order valence-electron chi connectivity index (χ0n) is 15.4. The third-order valence-corrected chi connectivity index (χ3v) is 4.01. The molecule has 0 saturated carbocycles. The van der Waals surface area contributed by atoms with Gasteiger partial charge in [0.05, 0.1) is 6.20 Å². The molecule has 2 aromatic carbocycles. The van der Waals surface area contributed by atoms with Crippen molar-refractivity contribution in [1.29, 1.82) is 0 Å². The first kappa shape index (κ1) is 18.4. The molecule has 1 N–H and O–H groups in total. The maximum absolute atomic E-state index is 14.3. The Hall–Kier alpha value is -4.00. The smallest absolute Gasteiger partial charge is 0.248 e. The molecule has 1 amide bonds. The molecule has 4 rings (SSSR count). The minimum Gasteiger partial charge on any atom is -0.453 e. The number of benzene rings is 2. The van der Waals surface area contributed by atoms with E-state index in [0.29, 0.717) is 34.0 Å². The molecular formula is C22H16FN3O3. The molecule has 0 unspecified atom stereocenters. The fraction of sp³-hybridized carbons (Fsp3) is 0.0455. The molecule has 0 aliphatic carbocycles. The monoisotopic (exact) mass is 389 g/mol. The van der Waals surface area contributed by atoms with E-state index < -0.39 is 5.82 Å². The first-order valence-electron chi connectivity index (χ1n) is 8.80. The summed E-state index contributed by atoms with van der Waals surface area (Å²) in [5.74, 6) is 0.189. The Balaban J connectivity index is 1.42. The van der Waals surface area contributed by atoms with E-state index >= 15 is 0 Å². The standard InChI is InChI=1S/C22H16FN3O3/c1-14-25-19-12-16(6-8-21(19)28-14)26-22(27)9-5-15-4-7-20(18(23)11-15)29-17-3-2-10-24-13-17/h2-13H,1H3,(H,26,27)/b9-5+. The van der Waals surface area contributed by atoms with Gasteiger partial charge in [0.2, 0.25) is 5.91 Å². The highest BCUT2D eigenvalue weighted by Gasteiger charge is 2.07. The molecule has 0 radical (unpaired) electrons. The number of ether oxygens (including phenoxy) is 1. The number of fused-ring (bicyclic) bond motifs is 1. The van der Waals surface area contributed by atoms with Crippen molar-refractivity contribution in [3.05, 3.63) is 84.3 Å². The third kappa shape index (κ3) is 4.47. The molecule has 7 heteroatoms. The second kappa shape index (κ2) is 7.93. The molecule has 0 bridgehead atoms. The summed E-state index contributed by atoms with van der Waals surface area (Å²) in [6.07, 6.45) is 5.95. The summed E-state index contributed by atoms with van der Waals surface area (Å²) < 4.78 is 25.1. The van der Waals surface area contributed by atoms with Gasteiger partial charge in [0, 0.05) is 24.9 Å². The largest absolute Gasteiger partial charge is 0.453 e. The molecule has 0 fully saturated rings. The Morgan fingerprint density at radius 3 is 2.90 bits per heavy atom. The zero-order chi connectivity index (χ0) is 20.2. The highest BCUT2D eigenvalue weighted by Crippen LogP contribution is 2.25. The number of halogens is 1. The number of oxazole rings is 1. The van der Waals surface area contributed by atoms with E-state index in [1.54, 1.807) is 49.5 Å². The predicted molar refractivity (Wildman–Crippen MR) is 107 cm³/mol. The van der Waals surface area contributed by atoms with Gasteiger partial charge in [0.15, 0.2) is 23.0 Å². The Morgan fingerprint density at radius 2 is 2.10 bits per heavy atom. The number of aryl methyl sites for hydroxylation is 1. The maximum atomic E-state index is 14.3. The van der Waals surface area contributed by atoms with Crippen molar-refractivity contribution in [1.82, 2.24) is 9.97 Å². The molecule has 0 saturated heterocycles. The van der Waals surface area contributed by atoms with Gasteiger partial charge in [0.1, 0.15) is 11.3 Å². The Bertz CT molecular complexity index is 1200. The van der Waals surface area contributed by atoms with Crippen LogP contribution in [0.3, 0.4) is 0 Å². The number of carbonyl (C=O) groups excluding carboxylic acids is 1. The van der Waals surface area contributed by atoms with Crippen molar-refractivity contribution in [2.45, 2.75) is 6.92 Å². The summed E-state index contributed by atoms with van der Waals surface area (Å²) in [7, 11) is 0. The van der Waals surface area contributed by atoms with Crippen LogP contribution in [-0.4, -0.2) is 15.9 Å². The lowest BCUT2D eigenvalue weighted by atomic mass is 10.2. The van der Waals surface area contributed by atoms with Crippen molar-refractivity contribution in [3.8, 4) is 11.5 Å². The summed E-state index contributed by atoms with van der Waals surface area (Å²) in [4.78, 5) is 20.3. The van der Waals surface area contributed by atoms with Crippen molar-refractivity contribution in [2.75, 3.05) is 5.32 Å². The number of aromatic nitrogens is 2. The van der Waals surface area contributed by atoms with E-state index in [0.717, 1.165) is 0 Å². The molecule has 2 heterocycles. The van der Waals surface area contributed by atoms with Crippen LogP contribution in [0, 0.1) is 12.7 Å². The lowest BCUT2D eigenvalue weighted by Crippen LogP contribution is -2.07. The maximum Gasteiger partial charge on any atom is 0.248 e. The van der Waals surface area contributed by atoms with E-state index in [4.69, 9.17) is 9.15 Å². The van der Waals surface area contributed by atoms with Crippen LogP contribution < -0.4 is 10.1 Å². The lowest BCUT2D eigenvalue weighted by Gasteiger charge is -2.06. The Labute approximate surface area is 165 Å². The van der Waals surface area contributed by atoms with Crippen LogP contribution in [0.2, 0.25) is 0 Å². The van der Waals surface area contributed by atoms with Crippen LogP contribution in [0.5, 0.6) is 11.5 Å². The van der Waals surface area contributed by atoms with Crippen LogP contribution in [0.15, 0.2) is 71.4 Å². The van der Waals surface area contributed by atoms with Crippen molar-refractivity contribution in [2.24, 2.45) is 0 Å². The van der Waals surface area contributed by atoms with Crippen molar-refractivity contribution in [3.63, 3.8) is 0 Å². The summed E-state index contributed by atoms with van der Waals surface area (Å²) in [6.45, 7) is 1.76. The number of rotatable bonds is 5. The fourth-order valence-corrected chi connectivity index (χ4v) is 2.71. The quantitative estimate of drug-likeness (QED) is 0.480. The number of pyridine rings is 1. The molecule has 6 nitrogen and oxygen atoms in total. The summed E-state index contributed by atoms with van der Waals surface area (Å²) in [6, 6.07) is 13.0. The average molecular weight is 389 g/mol. The Morgan fingerprint density at radius 1 is 1.21 bits per heavy atom. The van der Waals surface area contributed by atoms with Gasteiger partial charge in [-0.25, -0.2) is 9.37 Å². The van der Waals surface area contributed by atoms with Gasteiger partial charge in [-0.15, -0.1) is 0 Å². The van der Waals surface area contributed by atoms with E-state index in [-0.39, 0.29) is 11.7 Å². The SMILES string of the molecule is Cc1nc2cc(NC(=O)/C=C/c3ccc(Oc4cccnc4)c(F)c3)ccc2o1. The number of nitrogens with zero attached hydrogens (tertiary/aromatic N) is 2. The molecule has 0 aliphatic heterocycles. The van der Waals surface area contributed by atoms with E-state index in [1.807, 2.05) is 0 Å². The molecule has 144 valence electrons. The number of hydrogen-bond acceptors (Lipinski definition) is 5. The molecule has 0 aliphatic rings. The number of anilines is 1. The minimum atomic E-state index is -0.539. The molecule has 2 aromatic heterocycles. The van der Waals surface area contributed by atoms with Crippen LogP contribution in [0.1, 0.15) is 11.5 Å². The molecule has 0 atom stereocenters. The average Bonchev–Trinajstić information content (AvgIpc) is 3.08. The highest BCUT2D eigenvalue weighted by atomic mass is 19.1. The molecule has 4 aromatic rings. The normalized spacial score (nSPS) is 11.1. The van der Waals surface area contributed by atoms with Crippen molar-refractivity contribution < 1.29 is 18.3 Å². The summed E-state index contributed by atoms with van der Waals surface area (Å²) in [5.41, 5.74) is 2.43. The fourth-order valence-electron chi connectivity index (χ4n) is 2.71. The van der Waals surface area contributed by atoms with Crippen LogP contribution in [0.25, 0.3) is 17.2 Å². The first-order valence-corrected chi connectivity index (χ1v) is 8.80. The Kier molecular flexibility index (Phi) is 5.03. The van der Waals surface area contributed by atoms with Gasteiger partial charge < -0.3 is 14.5 Å². The topological polar surface area (TPSA) is 77.2 Å². The van der Waals surface area contributed by atoms with Crippen LogP contribution in [0.4, 0.5) is 10.1 Å². The second-order valence-corrected chi connectivity index (χ2v) is 6.22. The first-order chi connectivity index (χ1) is 14.1. The van der Waals surface area contributed by atoms with E-state index in [9.17, 15) is 9.18 Å². The van der Waals surface area contributed by atoms with Gasteiger partial charge in [-0.3, -0.25) is 9.78 Å². The van der Waals surface area contributed by atoms with Crippen molar-refractivity contribution >= 4 is 28.8 Å². The van der Waals surface area contributed by atoms with E-state index in [1.165, 1.54) is 30.5 Å². The van der Waals surface area contributed by atoms with Crippen LogP contribution in [-0.2, 0) is 4.79 Å². The van der Waals surface area contributed by atoms with Crippen LogP contribution >= 0.6 is 0 Å². The second-order valence-electron chi connectivity index (χ2n) is 6.22. The third-order valence-electron chi connectivity index (χ3n) is 4.01. The summed E-state index contributed by atoms with van der Waals surface area (Å²) >= 11 is 0. The minimum absolute atomic E-state index is 0.0795. The number of amides is 1. The molecule has 29 heavy (non-hydrogen) atoms. The number of hydrogen-bond donors (Lipinski definition) is 1. The molecule has 0 spiro atoms. The number of carbonyl (C=O) groups is 1. The van der Waals surface area contributed by atoms with Gasteiger partial charge >= 0.3 is 0 Å². The lowest BCUT2D eigenvalue weighted by molar-refractivity contribution is -0.111.